The SMILES string of the molecule is CCc1cc(N2CCC(CBr)CC2)ncn1. The summed E-state index contributed by atoms with van der Waals surface area (Å²) in [7, 11) is 0. The first-order chi connectivity index (χ1) is 7.83. The Hall–Kier alpha value is -0.640. The number of halogens is 1. The zero-order valence-corrected chi connectivity index (χ0v) is 11.3. The molecule has 0 saturated carbocycles. The molecule has 0 aliphatic carbocycles. The summed E-state index contributed by atoms with van der Waals surface area (Å²) in [5.74, 6) is 1.93. The van der Waals surface area contributed by atoms with Gasteiger partial charge in [0, 0.05) is 30.2 Å². The zero-order chi connectivity index (χ0) is 11.4. The predicted molar refractivity (Wildman–Crippen MR) is 70.1 cm³/mol. The van der Waals surface area contributed by atoms with E-state index in [1.165, 1.54) is 12.8 Å². The Morgan fingerprint density at radius 1 is 1.38 bits per heavy atom. The fourth-order valence-corrected chi connectivity index (χ4v) is 2.72. The molecule has 0 aromatic carbocycles. The highest BCUT2D eigenvalue weighted by molar-refractivity contribution is 9.09. The normalized spacial score (nSPS) is 17.8. The molecule has 1 aromatic heterocycles. The quantitative estimate of drug-likeness (QED) is 0.799. The number of hydrogen-bond donors (Lipinski definition) is 0. The summed E-state index contributed by atoms with van der Waals surface area (Å²) >= 11 is 3.57. The maximum absolute atomic E-state index is 4.36. The Morgan fingerprint density at radius 3 is 2.75 bits per heavy atom. The van der Waals surface area contributed by atoms with E-state index in [0.717, 1.165) is 42.3 Å². The largest absolute Gasteiger partial charge is 0.356 e. The second-order valence-corrected chi connectivity index (χ2v) is 4.95. The number of alkyl halides is 1. The minimum atomic E-state index is 0.837. The van der Waals surface area contributed by atoms with E-state index in [4.69, 9.17) is 0 Å². The molecule has 3 nitrogen and oxygen atoms in total. The summed E-state index contributed by atoms with van der Waals surface area (Å²) in [5, 5.41) is 1.13. The first-order valence-corrected chi connectivity index (χ1v) is 7.07. The second kappa shape index (κ2) is 5.62. The molecule has 0 atom stereocenters. The molecule has 0 spiro atoms. The molecule has 0 bridgehead atoms. The summed E-state index contributed by atoms with van der Waals surface area (Å²) in [6.45, 7) is 4.37. The molecule has 1 aliphatic rings. The van der Waals surface area contributed by atoms with Crippen LogP contribution in [0.15, 0.2) is 12.4 Å². The van der Waals surface area contributed by atoms with Crippen molar-refractivity contribution >= 4 is 21.7 Å². The Labute approximate surface area is 105 Å². The maximum atomic E-state index is 4.36. The third kappa shape index (κ3) is 2.73. The molecule has 1 saturated heterocycles. The molecule has 1 aromatic rings. The number of nitrogens with zero attached hydrogens (tertiary/aromatic N) is 3. The van der Waals surface area contributed by atoms with Gasteiger partial charge in [-0.3, -0.25) is 0 Å². The third-order valence-corrected chi connectivity index (χ3v) is 4.14. The Kier molecular flexibility index (Phi) is 4.16. The van der Waals surface area contributed by atoms with E-state index >= 15 is 0 Å². The average Bonchev–Trinajstić information content (AvgIpc) is 2.39. The fraction of sp³-hybridized carbons (Fsp3) is 0.667. The Morgan fingerprint density at radius 2 is 2.12 bits per heavy atom. The van der Waals surface area contributed by atoms with Crippen molar-refractivity contribution in [2.75, 3.05) is 23.3 Å². The third-order valence-electron chi connectivity index (χ3n) is 3.23. The first kappa shape index (κ1) is 11.8. The van der Waals surface area contributed by atoms with Gasteiger partial charge in [-0.05, 0) is 25.2 Å². The second-order valence-electron chi connectivity index (χ2n) is 4.31. The molecule has 0 unspecified atom stereocenters. The van der Waals surface area contributed by atoms with Crippen molar-refractivity contribution in [3.05, 3.63) is 18.1 Å². The van der Waals surface area contributed by atoms with Crippen molar-refractivity contribution in [2.45, 2.75) is 26.2 Å². The fourth-order valence-electron chi connectivity index (χ4n) is 2.07. The van der Waals surface area contributed by atoms with E-state index in [1.54, 1.807) is 6.33 Å². The molecule has 2 rings (SSSR count). The van der Waals surface area contributed by atoms with Crippen molar-refractivity contribution in [3.8, 4) is 0 Å². The molecule has 1 aliphatic heterocycles. The number of piperidine rings is 1. The van der Waals surface area contributed by atoms with Gasteiger partial charge >= 0.3 is 0 Å². The Balaban J connectivity index is 2.02. The predicted octanol–water partition coefficient (Wildman–Crippen LogP) is 2.65. The molecule has 4 heteroatoms. The molecule has 16 heavy (non-hydrogen) atoms. The standard InChI is InChI=1S/C12H18BrN3/c1-2-11-7-12(15-9-14-11)16-5-3-10(8-13)4-6-16/h7,9-10H,2-6,8H2,1H3. The highest BCUT2D eigenvalue weighted by Gasteiger charge is 2.19. The topological polar surface area (TPSA) is 29.0 Å². The number of rotatable bonds is 3. The summed E-state index contributed by atoms with van der Waals surface area (Å²) in [6, 6.07) is 2.12. The van der Waals surface area contributed by atoms with Crippen LogP contribution in [0.3, 0.4) is 0 Å². The van der Waals surface area contributed by atoms with Crippen molar-refractivity contribution in [3.63, 3.8) is 0 Å². The van der Waals surface area contributed by atoms with E-state index in [2.05, 4.69) is 43.8 Å². The summed E-state index contributed by atoms with van der Waals surface area (Å²) < 4.78 is 0. The van der Waals surface area contributed by atoms with E-state index in [1.807, 2.05) is 0 Å². The van der Waals surface area contributed by atoms with Gasteiger partial charge in [-0.2, -0.15) is 0 Å². The molecule has 0 amide bonds. The average molecular weight is 284 g/mol. The molecule has 2 heterocycles. The summed E-state index contributed by atoms with van der Waals surface area (Å²) in [4.78, 5) is 11.0. The first-order valence-electron chi connectivity index (χ1n) is 5.95. The van der Waals surface area contributed by atoms with E-state index in [9.17, 15) is 0 Å². The summed E-state index contributed by atoms with van der Waals surface area (Å²) in [6.07, 6.45) is 5.19. The van der Waals surface area contributed by atoms with Gasteiger partial charge in [-0.1, -0.05) is 22.9 Å². The van der Waals surface area contributed by atoms with E-state index in [-0.39, 0.29) is 0 Å². The molecular formula is C12H18BrN3. The number of aromatic nitrogens is 2. The van der Waals surface area contributed by atoms with Crippen molar-refractivity contribution in [2.24, 2.45) is 5.92 Å². The van der Waals surface area contributed by atoms with Gasteiger partial charge in [0.15, 0.2) is 0 Å². The van der Waals surface area contributed by atoms with Gasteiger partial charge in [0.05, 0.1) is 0 Å². The molecule has 0 radical (unpaired) electrons. The molecule has 88 valence electrons. The van der Waals surface area contributed by atoms with Gasteiger partial charge in [-0.25, -0.2) is 9.97 Å². The maximum Gasteiger partial charge on any atom is 0.132 e. The van der Waals surface area contributed by atoms with Gasteiger partial charge in [0.2, 0.25) is 0 Å². The lowest BCUT2D eigenvalue weighted by Gasteiger charge is -2.32. The van der Waals surface area contributed by atoms with Crippen LogP contribution in [0.2, 0.25) is 0 Å². The van der Waals surface area contributed by atoms with Crippen molar-refractivity contribution in [1.82, 2.24) is 9.97 Å². The van der Waals surface area contributed by atoms with Gasteiger partial charge in [0.1, 0.15) is 12.1 Å². The van der Waals surface area contributed by atoms with Crippen molar-refractivity contribution in [1.29, 1.82) is 0 Å². The minimum absolute atomic E-state index is 0.837. The van der Waals surface area contributed by atoms with Crippen LogP contribution >= 0.6 is 15.9 Å². The number of hydrogen-bond acceptors (Lipinski definition) is 3. The number of anilines is 1. The van der Waals surface area contributed by atoms with E-state index in [0.29, 0.717) is 0 Å². The Bertz CT molecular complexity index is 335. The van der Waals surface area contributed by atoms with Crippen LogP contribution in [0.1, 0.15) is 25.5 Å². The van der Waals surface area contributed by atoms with Gasteiger partial charge in [-0.15, -0.1) is 0 Å². The van der Waals surface area contributed by atoms with Crippen molar-refractivity contribution < 1.29 is 0 Å². The lowest BCUT2D eigenvalue weighted by molar-refractivity contribution is 0.445. The smallest absolute Gasteiger partial charge is 0.132 e. The highest BCUT2D eigenvalue weighted by Crippen LogP contribution is 2.22. The van der Waals surface area contributed by atoms with Gasteiger partial charge in [0.25, 0.3) is 0 Å². The van der Waals surface area contributed by atoms with Crippen LogP contribution in [0.25, 0.3) is 0 Å². The van der Waals surface area contributed by atoms with Crippen LogP contribution in [0, 0.1) is 5.92 Å². The van der Waals surface area contributed by atoms with Crippen LogP contribution in [0.5, 0.6) is 0 Å². The lowest BCUT2D eigenvalue weighted by atomic mass is 9.99. The lowest BCUT2D eigenvalue weighted by Crippen LogP contribution is -2.34. The monoisotopic (exact) mass is 283 g/mol. The van der Waals surface area contributed by atoms with Crippen LogP contribution in [0.4, 0.5) is 5.82 Å². The zero-order valence-electron chi connectivity index (χ0n) is 9.69. The van der Waals surface area contributed by atoms with Crippen LogP contribution in [-0.2, 0) is 6.42 Å². The number of aryl methyl sites for hydroxylation is 1. The van der Waals surface area contributed by atoms with Gasteiger partial charge < -0.3 is 4.90 Å². The highest BCUT2D eigenvalue weighted by atomic mass is 79.9. The van der Waals surface area contributed by atoms with E-state index < -0.39 is 0 Å². The summed E-state index contributed by atoms with van der Waals surface area (Å²) in [5.41, 5.74) is 1.13. The minimum Gasteiger partial charge on any atom is -0.356 e. The molecular weight excluding hydrogens is 266 g/mol. The molecule has 1 fully saturated rings. The van der Waals surface area contributed by atoms with Crippen LogP contribution in [-0.4, -0.2) is 28.4 Å². The molecule has 0 N–H and O–H groups in total. The van der Waals surface area contributed by atoms with Crippen LogP contribution < -0.4 is 4.90 Å².